The van der Waals surface area contributed by atoms with Crippen molar-refractivity contribution in [3.05, 3.63) is 34.3 Å². The Labute approximate surface area is 115 Å². The summed E-state index contributed by atoms with van der Waals surface area (Å²) in [7, 11) is 1.89. The van der Waals surface area contributed by atoms with Gasteiger partial charge in [0.2, 0.25) is 0 Å². The van der Waals surface area contributed by atoms with E-state index >= 15 is 0 Å². The Kier molecular flexibility index (Phi) is 4.74. The molecule has 1 heterocycles. The first-order valence-electron chi connectivity index (χ1n) is 6.02. The predicted octanol–water partition coefficient (Wildman–Crippen LogP) is 1.51. The van der Waals surface area contributed by atoms with Gasteiger partial charge in [-0.3, -0.25) is 4.79 Å². The fraction of sp³-hybridized carbons (Fsp3) is 0.462. The lowest BCUT2D eigenvalue weighted by Gasteiger charge is -2.33. The fourth-order valence-corrected chi connectivity index (χ4v) is 2.51. The van der Waals surface area contributed by atoms with E-state index in [9.17, 15) is 4.79 Å². The van der Waals surface area contributed by atoms with Crippen LogP contribution in [0.3, 0.4) is 0 Å². The Hall–Kier alpha value is -0.910. The van der Waals surface area contributed by atoms with Gasteiger partial charge in [-0.25, -0.2) is 0 Å². The summed E-state index contributed by atoms with van der Waals surface area (Å²) in [6.07, 6.45) is 0.0789. The third-order valence-electron chi connectivity index (χ3n) is 2.96. The first kappa shape index (κ1) is 13.5. The van der Waals surface area contributed by atoms with Crippen LogP contribution in [0.5, 0.6) is 0 Å². The fourth-order valence-electron chi connectivity index (χ4n) is 2.06. The van der Waals surface area contributed by atoms with Crippen LogP contribution in [0.4, 0.5) is 0 Å². The van der Waals surface area contributed by atoms with E-state index < -0.39 is 0 Å². The van der Waals surface area contributed by atoms with Gasteiger partial charge in [-0.2, -0.15) is 0 Å². The molecule has 0 bridgehead atoms. The Morgan fingerprint density at radius 1 is 1.56 bits per heavy atom. The van der Waals surface area contributed by atoms with Crippen molar-refractivity contribution in [2.45, 2.75) is 6.10 Å². The maximum atomic E-state index is 12.4. The van der Waals surface area contributed by atoms with Gasteiger partial charge in [-0.05, 0) is 35.1 Å². The van der Waals surface area contributed by atoms with Gasteiger partial charge in [0, 0.05) is 24.1 Å². The lowest BCUT2D eigenvalue weighted by atomic mass is 10.1. The average molecular weight is 313 g/mol. The first-order valence-corrected chi connectivity index (χ1v) is 6.81. The second-order valence-electron chi connectivity index (χ2n) is 4.28. The second-order valence-corrected chi connectivity index (χ2v) is 5.14. The third-order valence-corrected chi connectivity index (χ3v) is 3.65. The van der Waals surface area contributed by atoms with Gasteiger partial charge < -0.3 is 15.0 Å². The summed E-state index contributed by atoms with van der Waals surface area (Å²) >= 11 is 3.42. The molecule has 5 heteroatoms. The highest BCUT2D eigenvalue weighted by Gasteiger charge is 2.25. The SMILES string of the molecule is CNCC1CN(C(=O)c2ccccc2Br)CCO1. The van der Waals surface area contributed by atoms with Crippen molar-refractivity contribution in [2.75, 3.05) is 33.3 Å². The molecule has 1 saturated heterocycles. The number of nitrogens with one attached hydrogen (secondary N) is 1. The molecule has 1 fully saturated rings. The van der Waals surface area contributed by atoms with Crippen LogP contribution in [0, 0.1) is 0 Å². The van der Waals surface area contributed by atoms with Crippen molar-refractivity contribution in [2.24, 2.45) is 0 Å². The lowest BCUT2D eigenvalue weighted by Crippen LogP contribution is -2.48. The molecule has 0 saturated carbocycles. The number of nitrogens with zero attached hydrogens (tertiary/aromatic N) is 1. The molecule has 2 rings (SSSR count). The summed E-state index contributed by atoms with van der Waals surface area (Å²) in [5.74, 6) is 0.0619. The van der Waals surface area contributed by atoms with Crippen molar-refractivity contribution in [3.8, 4) is 0 Å². The van der Waals surface area contributed by atoms with Gasteiger partial charge in [0.05, 0.1) is 18.3 Å². The quantitative estimate of drug-likeness (QED) is 0.920. The highest BCUT2D eigenvalue weighted by molar-refractivity contribution is 9.10. The summed E-state index contributed by atoms with van der Waals surface area (Å²) in [6, 6.07) is 7.52. The highest BCUT2D eigenvalue weighted by atomic mass is 79.9. The number of hydrogen-bond acceptors (Lipinski definition) is 3. The van der Waals surface area contributed by atoms with Crippen LogP contribution in [0.25, 0.3) is 0 Å². The lowest BCUT2D eigenvalue weighted by molar-refractivity contribution is -0.0196. The molecule has 1 unspecified atom stereocenters. The summed E-state index contributed by atoms with van der Waals surface area (Å²) in [5.41, 5.74) is 0.711. The van der Waals surface area contributed by atoms with Gasteiger partial charge in [0.15, 0.2) is 0 Å². The smallest absolute Gasteiger partial charge is 0.255 e. The molecular formula is C13H17BrN2O2. The number of carbonyl (C=O) groups is 1. The van der Waals surface area contributed by atoms with Crippen LogP contribution < -0.4 is 5.32 Å². The molecule has 1 aromatic rings. The van der Waals surface area contributed by atoms with Gasteiger partial charge in [-0.15, -0.1) is 0 Å². The molecule has 18 heavy (non-hydrogen) atoms. The summed E-state index contributed by atoms with van der Waals surface area (Å²) in [5, 5.41) is 3.08. The number of carbonyl (C=O) groups excluding carboxylic acids is 1. The average Bonchev–Trinajstić information content (AvgIpc) is 2.39. The van der Waals surface area contributed by atoms with Crippen LogP contribution in [0.1, 0.15) is 10.4 Å². The standard InChI is InChI=1S/C13H17BrN2O2/c1-15-8-10-9-16(6-7-18-10)13(17)11-4-2-3-5-12(11)14/h2-5,10,15H,6-9H2,1H3. The number of hydrogen-bond donors (Lipinski definition) is 1. The van der Waals surface area contributed by atoms with E-state index in [1.807, 2.05) is 36.2 Å². The number of morpholine rings is 1. The van der Waals surface area contributed by atoms with E-state index in [4.69, 9.17) is 4.74 Å². The van der Waals surface area contributed by atoms with Gasteiger partial charge in [0.1, 0.15) is 0 Å². The number of ether oxygens (including phenoxy) is 1. The molecule has 0 aliphatic carbocycles. The second kappa shape index (κ2) is 6.31. The van der Waals surface area contributed by atoms with E-state index in [1.54, 1.807) is 0 Å². The maximum Gasteiger partial charge on any atom is 0.255 e. The molecule has 98 valence electrons. The molecule has 1 atom stereocenters. The molecule has 1 amide bonds. The number of amides is 1. The maximum absolute atomic E-state index is 12.4. The Balaban J connectivity index is 2.07. The van der Waals surface area contributed by atoms with Crippen molar-refractivity contribution in [3.63, 3.8) is 0 Å². The van der Waals surface area contributed by atoms with Gasteiger partial charge in [0.25, 0.3) is 5.91 Å². The van der Waals surface area contributed by atoms with Crippen LogP contribution in [-0.2, 0) is 4.74 Å². The zero-order valence-electron chi connectivity index (χ0n) is 10.4. The molecule has 0 spiro atoms. The molecule has 1 N–H and O–H groups in total. The Bertz CT molecular complexity index is 423. The highest BCUT2D eigenvalue weighted by Crippen LogP contribution is 2.19. The summed E-state index contributed by atoms with van der Waals surface area (Å²) < 4.78 is 6.44. The van der Waals surface area contributed by atoms with E-state index in [0.717, 1.165) is 11.0 Å². The van der Waals surface area contributed by atoms with E-state index in [2.05, 4.69) is 21.2 Å². The van der Waals surface area contributed by atoms with E-state index in [-0.39, 0.29) is 12.0 Å². The predicted molar refractivity (Wildman–Crippen MR) is 73.7 cm³/mol. The minimum absolute atomic E-state index is 0.0619. The van der Waals surface area contributed by atoms with E-state index in [1.165, 1.54) is 0 Å². The normalized spacial score (nSPS) is 19.9. The van der Waals surface area contributed by atoms with Crippen molar-refractivity contribution < 1.29 is 9.53 Å². The Morgan fingerprint density at radius 3 is 3.06 bits per heavy atom. The van der Waals surface area contributed by atoms with Crippen LogP contribution in [0.2, 0.25) is 0 Å². The Morgan fingerprint density at radius 2 is 2.33 bits per heavy atom. The molecule has 0 radical (unpaired) electrons. The van der Waals surface area contributed by atoms with Crippen LogP contribution in [-0.4, -0.2) is 50.2 Å². The molecular weight excluding hydrogens is 296 g/mol. The summed E-state index contributed by atoms with van der Waals surface area (Å²) in [4.78, 5) is 14.2. The molecule has 1 aromatic carbocycles. The van der Waals surface area contributed by atoms with Crippen LogP contribution in [0.15, 0.2) is 28.7 Å². The summed E-state index contributed by atoms with van der Waals surface area (Å²) in [6.45, 7) is 2.66. The third kappa shape index (κ3) is 3.10. The van der Waals surface area contributed by atoms with Crippen molar-refractivity contribution >= 4 is 21.8 Å². The molecule has 1 aliphatic heterocycles. The topological polar surface area (TPSA) is 41.6 Å². The van der Waals surface area contributed by atoms with Crippen molar-refractivity contribution in [1.29, 1.82) is 0 Å². The minimum atomic E-state index is 0.0619. The van der Waals surface area contributed by atoms with Crippen molar-refractivity contribution in [1.82, 2.24) is 10.2 Å². The molecule has 0 aromatic heterocycles. The first-order chi connectivity index (χ1) is 8.72. The number of benzene rings is 1. The largest absolute Gasteiger partial charge is 0.373 e. The monoisotopic (exact) mass is 312 g/mol. The number of likely N-dealkylation sites (N-methyl/N-ethyl adjacent to an activating group) is 1. The molecule has 4 nitrogen and oxygen atoms in total. The minimum Gasteiger partial charge on any atom is -0.373 e. The van der Waals surface area contributed by atoms with Gasteiger partial charge in [-0.1, -0.05) is 12.1 Å². The number of halogens is 1. The molecule has 1 aliphatic rings. The number of rotatable bonds is 3. The van der Waals surface area contributed by atoms with E-state index in [0.29, 0.717) is 25.3 Å². The zero-order chi connectivity index (χ0) is 13.0. The zero-order valence-corrected chi connectivity index (χ0v) is 11.9. The van der Waals surface area contributed by atoms with Gasteiger partial charge >= 0.3 is 0 Å². The van der Waals surface area contributed by atoms with Crippen LogP contribution >= 0.6 is 15.9 Å².